The lowest BCUT2D eigenvalue weighted by Crippen LogP contribution is -2.23. The fourth-order valence-electron chi connectivity index (χ4n) is 1.72. The Morgan fingerprint density at radius 3 is 2.48 bits per heavy atom. The Hall–Kier alpha value is -1.92. The highest BCUT2D eigenvalue weighted by Gasteiger charge is 2.13. The zero-order valence-electron chi connectivity index (χ0n) is 10.7. The number of carbonyl (C=O) groups is 1. The standard InChI is InChI=1S/C14H10BrClN2O3/c15-11-2-1-3-12(16)13(11)14(19)17-8-9-4-6-10(7-5-9)18(20)21/h1-7H,8H2,(H,17,19). The third-order valence-electron chi connectivity index (χ3n) is 2.79. The number of hydrogen-bond acceptors (Lipinski definition) is 3. The molecule has 1 amide bonds. The maximum atomic E-state index is 12.1. The number of rotatable bonds is 4. The molecule has 2 aromatic rings. The molecule has 0 fully saturated rings. The van der Waals surface area contributed by atoms with Gasteiger partial charge in [-0.1, -0.05) is 29.8 Å². The molecular weight excluding hydrogens is 360 g/mol. The number of nitrogens with one attached hydrogen (secondary N) is 1. The lowest BCUT2D eigenvalue weighted by Gasteiger charge is -2.08. The molecule has 0 aliphatic heterocycles. The zero-order valence-corrected chi connectivity index (χ0v) is 13.0. The molecule has 2 aromatic carbocycles. The summed E-state index contributed by atoms with van der Waals surface area (Å²) in [5.74, 6) is -0.314. The van der Waals surface area contributed by atoms with Crippen molar-refractivity contribution in [1.82, 2.24) is 5.32 Å². The van der Waals surface area contributed by atoms with Crippen molar-refractivity contribution in [2.45, 2.75) is 6.54 Å². The summed E-state index contributed by atoms with van der Waals surface area (Å²) >= 11 is 9.28. The molecule has 5 nitrogen and oxygen atoms in total. The molecule has 2 rings (SSSR count). The monoisotopic (exact) mass is 368 g/mol. The van der Waals surface area contributed by atoms with Crippen LogP contribution in [0.3, 0.4) is 0 Å². The van der Waals surface area contributed by atoms with E-state index < -0.39 is 4.92 Å². The second-order valence-corrected chi connectivity index (χ2v) is 5.46. The molecule has 0 aromatic heterocycles. The van der Waals surface area contributed by atoms with Crippen LogP contribution in [-0.2, 0) is 6.54 Å². The Labute approximate surface area is 134 Å². The minimum absolute atomic E-state index is 0.0129. The van der Waals surface area contributed by atoms with Gasteiger partial charge in [0.1, 0.15) is 0 Å². The van der Waals surface area contributed by atoms with Gasteiger partial charge >= 0.3 is 0 Å². The van der Waals surface area contributed by atoms with Gasteiger partial charge in [-0.15, -0.1) is 0 Å². The number of carbonyl (C=O) groups excluding carboxylic acids is 1. The van der Waals surface area contributed by atoms with Gasteiger partial charge in [-0.25, -0.2) is 0 Å². The first-order valence-electron chi connectivity index (χ1n) is 5.94. The third-order valence-corrected chi connectivity index (χ3v) is 3.77. The van der Waals surface area contributed by atoms with Crippen LogP contribution in [0, 0.1) is 10.1 Å². The van der Waals surface area contributed by atoms with Gasteiger partial charge in [-0.3, -0.25) is 14.9 Å². The van der Waals surface area contributed by atoms with Crippen LogP contribution in [0.25, 0.3) is 0 Å². The van der Waals surface area contributed by atoms with E-state index in [1.165, 1.54) is 12.1 Å². The second-order valence-electron chi connectivity index (χ2n) is 4.20. The number of benzene rings is 2. The summed E-state index contributed by atoms with van der Waals surface area (Å²) in [5, 5.41) is 13.6. The van der Waals surface area contributed by atoms with Crippen molar-refractivity contribution in [2.75, 3.05) is 0 Å². The van der Waals surface area contributed by atoms with Gasteiger partial charge in [0.05, 0.1) is 15.5 Å². The Kier molecular flexibility index (Phi) is 4.93. The van der Waals surface area contributed by atoms with Crippen LogP contribution in [0.4, 0.5) is 5.69 Å². The summed E-state index contributed by atoms with van der Waals surface area (Å²) in [6, 6.07) is 11.1. The molecule has 0 saturated carbocycles. The molecule has 0 heterocycles. The zero-order chi connectivity index (χ0) is 15.4. The largest absolute Gasteiger partial charge is 0.348 e. The molecule has 0 aliphatic rings. The fourth-order valence-corrected chi connectivity index (χ4v) is 2.64. The summed E-state index contributed by atoms with van der Waals surface area (Å²) in [7, 11) is 0. The van der Waals surface area contributed by atoms with Gasteiger partial charge in [0.15, 0.2) is 0 Å². The van der Waals surface area contributed by atoms with Gasteiger partial charge in [0.2, 0.25) is 0 Å². The van der Waals surface area contributed by atoms with E-state index in [0.717, 1.165) is 5.56 Å². The van der Waals surface area contributed by atoms with Crippen LogP contribution in [0.1, 0.15) is 15.9 Å². The first kappa shape index (κ1) is 15.5. The highest BCUT2D eigenvalue weighted by atomic mass is 79.9. The number of non-ortho nitro benzene ring substituents is 1. The molecule has 0 atom stereocenters. The Morgan fingerprint density at radius 1 is 1.24 bits per heavy atom. The molecule has 0 aliphatic carbocycles. The molecule has 1 N–H and O–H groups in total. The Bertz CT molecular complexity index is 669. The van der Waals surface area contributed by atoms with Gasteiger partial charge < -0.3 is 5.32 Å². The molecule has 0 bridgehead atoms. The molecular formula is C14H10BrClN2O3. The Balaban J connectivity index is 2.06. The summed E-state index contributed by atoms with van der Waals surface area (Å²) in [5.41, 5.74) is 1.14. The maximum absolute atomic E-state index is 12.1. The van der Waals surface area contributed by atoms with Crippen molar-refractivity contribution >= 4 is 39.1 Å². The van der Waals surface area contributed by atoms with Crippen LogP contribution < -0.4 is 5.32 Å². The lowest BCUT2D eigenvalue weighted by atomic mass is 10.2. The smallest absolute Gasteiger partial charge is 0.269 e. The van der Waals surface area contributed by atoms with Gasteiger partial charge in [-0.05, 0) is 33.6 Å². The van der Waals surface area contributed by atoms with E-state index in [-0.39, 0.29) is 18.1 Å². The highest BCUT2D eigenvalue weighted by Crippen LogP contribution is 2.24. The van der Waals surface area contributed by atoms with E-state index in [1.54, 1.807) is 30.3 Å². The number of nitro benzene ring substituents is 1. The molecule has 0 unspecified atom stereocenters. The molecule has 0 radical (unpaired) electrons. The van der Waals surface area contributed by atoms with Crippen LogP contribution in [0.2, 0.25) is 5.02 Å². The van der Waals surface area contributed by atoms with E-state index in [0.29, 0.717) is 15.1 Å². The number of hydrogen-bond donors (Lipinski definition) is 1. The number of nitro groups is 1. The van der Waals surface area contributed by atoms with Crippen molar-refractivity contribution in [3.8, 4) is 0 Å². The predicted octanol–water partition coefficient (Wildman–Crippen LogP) is 3.94. The minimum Gasteiger partial charge on any atom is -0.348 e. The fraction of sp³-hybridized carbons (Fsp3) is 0.0714. The molecule has 0 saturated heterocycles. The predicted molar refractivity (Wildman–Crippen MR) is 83.4 cm³/mol. The second kappa shape index (κ2) is 6.69. The van der Waals surface area contributed by atoms with Gasteiger partial charge in [-0.2, -0.15) is 0 Å². The Morgan fingerprint density at radius 2 is 1.90 bits per heavy atom. The van der Waals surface area contributed by atoms with E-state index in [4.69, 9.17) is 11.6 Å². The third kappa shape index (κ3) is 3.80. The first-order chi connectivity index (χ1) is 9.99. The normalized spacial score (nSPS) is 10.2. The average molecular weight is 370 g/mol. The van der Waals surface area contributed by atoms with Crippen LogP contribution in [-0.4, -0.2) is 10.8 Å². The van der Waals surface area contributed by atoms with E-state index in [1.807, 2.05) is 0 Å². The molecule has 0 spiro atoms. The maximum Gasteiger partial charge on any atom is 0.269 e. The van der Waals surface area contributed by atoms with Crippen molar-refractivity contribution < 1.29 is 9.72 Å². The number of halogens is 2. The first-order valence-corrected chi connectivity index (χ1v) is 7.11. The topological polar surface area (TPSA) is 72.2 Å². The van der Waals surface area contributed by atoms with Crippen molar-refractivity contribution in [1.29, 1.82) is 0 Å². The summed E-state index contributed by atoms with van der Waals surface area (Å²) in [4.78, 5) is 22.2. The summed E-state index contributed by atoms with van der Waals surface area (Å²) in [6.07, 6.45) is 0. The van der Waals surface area contributed by atoms with Crippen LogP contribution >= 0.6 is 27.5 Å². The lowest BCUT2D eigenvalue weighted by molar-refractivity contribution is -0.384. The number of nitrogens with zero attached hydrogens (tertiary/aromatic N) is 1. The minimum atomic E-state index is -0.469. The van der Waals surface area contributed by atoms with Crippen molar-refractivity contribution in [2.24, 2.45) is 0 Å². The SMILES string of the molecule is O=C(NCc1ccc([N+](=O)[O-])cc1)c1c(Cl)cccc1Br. The van der Waals surface area contributed by atoms with Gasteiger partial charge in [0.25, 0.3) is 11.6 Å². The number of amides is 1. The average Bonchev–Trinajstić information content (AvgIpc) is 2.45. The van der Waals surface area contributed by atoms with Crippen molar-refractivity contribution in [3.63, 3.8) is 0 Å². The van der Waals surface area contributed by atoms with Crippen molar-refractivity contribution in [3.05, 3.63) is 73.2 Å². The van der Waals surface area contributed by atoms with Gasteiger partial charge in [0, 0.05) is 23.2 Å². The molecule has 108 valence electrons. The van der Waals surface area contributed by atoms with Crippen LogP contribution in [0.5, 0.6) is 0 Å². The summed E-state index contributed by atoms with van der Waals surface area (Å²) in [6.45, 7) is 0.258. The van der Waals surface area contributed by atoms with E-state index in [9.17, 15) is 14.9 Å². The molecule has 21 heavy (non-hydrogen) atoms. The molecule has 7 heteroatoms. The summed E-state index contributed by atoms with van der Waals surface area (Å²) < 4.78 is 0.608. The van der Waals surface area contributed by atoms with E-state index >= 15 is 0 Å². The van der Waals surface area contributed by atoms with Crippen LogP contribution in [0.15, 0.2) is 46.9 Å². The quantitative estimate of drug-likeness (QED) is 0.655. The highest BCUT2D eigenvalue weighted by molar-refractivity contribution is 9.10. The van der Waals surface area contributed by atoms with E-state index in [2.05, 4.69) is 21.2 Å².